The average molecular weight is 361 g/mol. The van der Waals surface area contributed by atoms with E-state index in [9.17, 15) is 0 Å². The van der Waals surface area contributed by atoms with Crippen LogP contribution >= 0.6 is 0 Å². The van der Waals surface area contributed by atoms with Gasteiger partial charge in [0.25, 0.3) is 0 Å². The summed E-state index contributed by atoms with van der Waals surface area (Å²) in [5.41, 5.74) is 3.01. The SMILES string of the molecule is CCCCOCCCNC(=NC)NCCCN1CCc2ccccc2C1. The third-order valence-corrected chi connectivity index (χ3v) is 4.78. The van der Waals surface area contributed by atoms with Gasteiger partial charge in [-0.25, -0.2) is 0 Å². The summed E-state index contributed by atoms with van der Waals surface area (Å²) in [7, 11) is 1.83. The van der Waals surface area contributed by atoms with Crippen LogP contribution in [0.25, 0.3) is 0 Å². The van der Waals surface area contributed by atoms with E-state index in [1.807, 2.05) is 7.05 Å². The highest BCUT2D eigenvalue weighted by atomic mass is 16.5. The first-order chi connectivity index (χ1) is 12.8. The lowest BCUT2D eigenvalue weighted by Crippen LogP contribution is -2.39. The topological polar surface area (TPSA) is 48.9 Å². The summed E-state index contributed by atoms with van der Waals surface area (Å²) in [6.45, 7) is 9.11. The monoisotopic (exact) mass is 360 g/mol. The number of hydrogen-bond acceptors (Lipinski definition) is 3. The standard InChI is InChI=1S/C21H36N4O/c1-3-4-16-26-17-8-13-24-21(22-2)23-12-7-14-25-15-11-19-9-5-6-10-20(19)18-25/h5-6,9-10H,3-4,7-8,11-18H2,1-2H3,(H2,22,23,24). The first-order valence-electron chi connectivity index (χ1n) is 10.1. The highest BCUT2D eigenvalue weighted by molar-refractivity contribution is 5.79. The number of ether oxygens (including phenoxy) is 1. The molecule has 0 fully saturated rings. The maximum Gasteiger partial charge on any atom is 0.190 e. The highest BCUT2D eigenvalue weighted by Crippen LogP contribution is 2.18. The molecule has 0 atom stereocenters. The first-order valence-corrected chi connectivity index (χ1v) is 10.1. The van der Waals surface area contributed by atoms with Crippen molar-refractivity contribution in [3.05, 3.63) is 35.4 Å². The molecular formula is C21H36N4O. The van der Waals surface area contributed by atoms with Crippen LogP contribution in [0.15, 0.2) is 29.3 Å². The molecular weight excluding hydrogens is 324 g/mol. The summed E-state index contributed by atoms with van der Waals surface area (Å²) in [5, 5.41) is 6.77. The number of nitrogens with zero attached hydrogens (tertiary/aromatic N) is 2. The van der Waals surface area contributed by atoms with Crippen molar-refractivity contribution < 1.29 is 4.74 Å². The van der Waals surface area contributed by atoms with Crippen LogP contribution in [-0.2, 0) is 17.7 Å². The number of unbranched alkanes of at least 4 members (excludes halogenated alkanes) is 1. The summed E-state index contributed by atoms with van der Waals surface area (Å²) in [6.07, 6.45) is 5.66. The molecule has 1 aromatic carbocycles. The predicted molar refractivity (Wildman–Crippen MR) is 110 cm³/mol. The summed E-state index contributed by atoms with van der Waals surface area (Å²) >= 11 is 0. The lowest BCUT2D eigenvalue weighted by molar-refractivity contribution is 0.129. The van der Waals surface area contributed by atoms with E-state index in [4.69, 9.17) is 4.74 Å². The van der Waals surface area contributed by atoms with Crippen molar-refractivity contribution in [1.29, 1.82) is 0 Å². The molecule has 0 amide bonds. The molecule has 146 valence electrons. The molecule has 5 heteroatoms. The van der Waals surface area contributed by atoms with Gasteiger partial charge in [0.05, 0.1) is 0 Å². The minimum Gasteiger partial charge on any atom is -0.381 e. The number of guanidine groups is 1. The molecule has 1 heterocycles. The molecule has 0 radical (unpaired) electrons. The molecule has 2 N–H and O–H groups in total. The molecule has 0 aliphatic carbocycles. The zero-order chi connectivity index (χ0) is 18.5. The Kier molecular flexibility index (Phi) is 10.1. The molecule has 1 aliphatic heterocycles. The van der Waals surface area contributed by atoms with E-state index in [0.717, 1.165) is 64.6 Å². The zero-order valence-corrected chi connectivity index (χ0v) is 16.6. The van der Waals surface area contributed by atoms with Crippen molar-refractivity contribution in [2.24, 2.45) is 4.99 Å². The molecule has 0 unspecified atom stereocenters. The fourth-order valence-electron chi connectivity index (χ4n) is 3.20. The third kappa shape index (κ3) is 7.75. The maximum atomic E-state index is 5.57. The smallest absolute Gasteiger partial charge is 0.190 e. The molecule has 0 saturated carbocycles. The van der Waals surface area contributed by atoms with Crippen LogP contribution in [0.2, 0.25) is 0 Å². The van der Waals surface area contributed by atoms with Gasteiger partial charge >= 0.3 is 0 Å². The summed E-state index contributed by atoms with van der Waals surface area (Å²) in [4.78, 5) is 6.84. The number of rotatable bonds is 11. The quantitative estimate of drug-likeness (QED) is 0.362. The van der Waals surface area contributed by atoms with Crippen molar-refractivity contribution in [2.45, 2.75) is 45.6 Å². The van der Waals surface area contributed by atoms with Crippen LogP contribution in [0, 0.1) is 0 Å². The van der Waals surface area contributed by atoms with Crippen LogP contribution in [0.5, 0.6) is 0 Å². The largest absolute Gasteiger partial charge is 0.381 e. The normalized spacial score (nSPS) is 14.9. The molecule has 1 aliphatic rings. The van der Waals surface area contributed by atoms with Crippen molar-refractivity contribution in [3.63, 3.8) is 0 Å². The highest BCUT2D eigenvalue weighted by Gasteiger charge is 2.14. The van der Waals surface area contributed by atoms with Gasteiger partial charge in [0.2, 0.25) is 0 Å². The molecule has 0 spiro atoms. The van der Waals surface area contributed by atoms with Gasteiger partial charge in [-0.3, -0.25) is 9.89 Å². The van der Waals surface area contributed by atoms with Gasteiger partial charge in [0.15, 0.2) is 5.96 Å². The van der Waals surface area contributed by atoms with E-state index < -0.39 is 0 Å². The molecule has 5 nitrogen and oxygen atoms in total. The molecule has 0 bridgehead atoms. The first kappa shape index (κ1) is 20.7. The molecule has 26 heavy (non-hydrogen) atoms. The van der Waals surface area contributed by atoms with E-state index in [1.165, 1.54) is 30.5 Å². The Morgan fingerprint density at radius 1 is 1.08 bits per heavy atom. The van der Waals surface area contributed by atoms with Crippen molar-refractivity contribution >= 4 is 5.96 Å². The van der Waals surface area contributed by atoms with Gasteiger partial charge < -0.3 is 15.4 Å². The minimum absolute atomic E-state index is 0.820. The number of benzene rings is 1. The Morgan fingerprint density at radius 3 is 2.58 bits per heavy atom. The second-order valence-electron chi connectivity index (χ2n) is 6.89. The van der Waals surface area contributed by atoms with Gasteiger partial charge in [0.1, 0.15) is 0 Å². The van der Waals surface area contributed by atoms with Crippen LogP contribution in [0.4, 0.5) is 0 Å². The van der Waals surface area contributed by atoms with E-state index in [1.54, 1.807) is 0 Å². The summed E-state index contributed by atoms with van der Waals surface area (Å²) in [5.74, 6) is 0.891. The van der Waals surface area contributed by atoms with Crippen molar-refractivity contribution in [2.75, 3.05) is 46.4 Å². The van der Waals surface area contributed by atoms with Crippen LogP contribution in [0.3, 0.4) is 0 Å². The molecule has 0 saturated heterocycles. The van der Waals surface area contributed by atoms with E-state index in [2.05, 4.69) is 51.7 Å². The van der Waals surface area contributed by atoms with Gasteiger partial charge in [-0.1, -0.05) is 37.6 Å². The fraction of sp³-hybridized carbons (Fsp3) is 0.667. The van der Waals surface area contributed by atoms with Crippen LogP contribution < -0.4 is 10.6 Å². The number of aliphatic imine (C=N–C) groups is 1. The van der Waals surface area contributed by atoms with Crippen LogP contribution in [0.1, 0.15) is 43.7 Å². The molecule has 1 aromatic rings. The van der Waals surface area contributed by atoms with E-state index in [-0.39, 0.29) is 0 Å². The minimum atomic E-state index is 0.820. The van der Waals surface area contributed by atoms with Gasteiger partial charge in [-0.2, -0.15) is 0 Å². The Balaban J connectivity index is 1.52. The second kappa shape index (κ2) is 12.7. The second-order valence-corrected chi connectivity index (χ2v) is 6.89. The molecule has 0 aromatic heterocycles. The average Bonchev–Trinajstić information content (AvgIpc) is 2.68. The zero-order valence-electron chi connectivity index (χ0n) is 16.6. The Hall–Kier alpha value is -1.59. The van der Waals surface area contributed by atoms with Crippen molar-refractivity contribution in [1.82, 2.24) is 15.5 Å². The van der Waals surface area contributed by atoms with Gasteiger partial charge in [0, 0.05) is 53.0 Å². The Bertz CT molecular complexity index is 532. The fourth-order valence-corrected chi connectivity index (χ4v) is 3.20. The van der Waals surface area contributed by atoms with Crippen LogP contribution in [-0.4, -0.2) is 57.3 Å². The Morgan fingerprint density at radius 2 is 1.81 bits per heavy atom. The third-order valence-electron chi connectivity index (χ3n) is 4.78. The predicted octanol–water partition coefficient (Wildman–Crippen LogP) is 2.81. The summed E-state index contributed by atoms with van der Waals surface area (Å²) < 4.78 is 5.57. The number of fused-ring (bicyclic) bond motifs is 1. The van der Waals surface area contributed by atoms with Crippen molar-refractivity contribution in [3.8, 4) is 0 Å². The Labute approximate surface area is 159 Å². The van der Waals surface area contributed by atoms with Gasteiger partial charge in [-0.05, 0) is 36.8 Å². The van der Waals surface area contributed by atoms with Gasteiger partial charge in [-0.15, -0.1) is 0 Å². The number of hydrogen-bond donors (Lipinski definition) is 2. The molecule has 2 rings (SSSR count). The van der Waals surface area contributed by atoms with E-state index >= 15 is 0 Å². The summed E-state index contributed by atoms with van der Waals surface area (Å²) in [6, 6.07) is 8.82. The number of nitrogens with one attached hydrogen (secondary N) is 2. The maximum absolute atomic E-state index is 5.57. The lowest BCUT2D eigenvalue weighted by atomic mass is 10.00. The lowest BCUT2D eigenvalue weighted by Gasteiger charge is -2.28. The van der Waals surface area contributed by atoms with E-state index in [0.29, 0.717) is 0 Å².